The van der Waals surface area contributed by atoms with Crippen LogP contribution >= 0.6 is 0 Å². The molecule has 16 heteroatoms. The number of alkyl halides is 6. The number of aliphatic imine (C=N–C) groups is 2. The molecule has 2 aliphatic heterocycles. The molecular weight excluding hydrogens is 726 g/mol. The van der Waals surface area contributed by atoms with Crippen LogP contribution in [0.4, 0.5) is 49.4 Å². The molecule has 0 radical (unpaired) electrons. The Balaban J connectivity index is 1.21. The minimum atomic E-state index is -4.60. The molecule has 3 N–H and O–H groups in total. The van der Waals surface area contributed by atoms with Crippen molar-refractivity contribution < 1.29 is 35.4 Å². The molecule has 2 atom stereocenters. The first-order valence-electron chi connectivity index (χ1n) is 18.2. The number of benzene rings is 2. The van der Waals surface area contributed by atoms with Gasteiger partial charge in [0.25, 0.3) is 0 Å². The van der Waals surface area contributed by atoms with Gasteiger partial charge in [-0.1, -0.05) is 44.9 Å². The lowest BCUT2D eigenvalue weighted by molar-refractivity contribution is -0.138. The number of hydrogen-bond acceptors (Lipinski definition) is 8. The van der Waals surface area contributed by atoms with Gasteiger partial charge < -0.3 is 29.9 Å². The Bertz CT molecular complexity index is 2020. The average molecular weight is 773 g/mol. The van der Waals surface area contributed by atoms with E-state index in [1.54, 1.807) is 33.0 Å². The number of anilines is 3. The van der Waals surface area contributed by atoms with E-state index in [-0.39, 0.29) is 41.1 Å². The summed E-state index contributed by atoms with van der Waals surface area (Å²) < 4.78 is 93.9. The molecule has 6 rings (SSSR count). The second-order valence-corrected chi connectivity index (χ2v) is 15.8. The Hall–Kier alpha value is -5.02. The van der Waals surface area contributed by atoms with E-state index < -0.39 is 28.9 Å². The lowest BCUT2D eigenvalue weighted by atomic mass is 9.81. The van der Waals surface area contributed by atoms with Gasteiger partial charge in [0.15, 0.2) is 11.6 Å². The summed E-state index contributed by atoms with van der Waals surface area (Å²) in [5, 5.41) is 11.5. The molecule has 2 fully saturated rings. The van der Waals surface area contributed by atoms with E-state index in [1.165, 1.54) is 18.2 Å². The monoisotopic (exact) mass is 772 g/mol. The van der Waals surface area contributed by atoms with Crippen LogP contribution in [0.3, 0.4) is 0 Å². The second kappa shape index (κ2) is 14.9. The zero-order valence-electron chi connectivity index (χ0n) is 31.6. The number of halogens is 6. The highest BCUT2D eigenvalue weighted by Crippen LogP contribution is 2.40. The third-order valence-electron chi connectivity index (χ3n) is 10.2. The summed E-state index contributed by atoms with van der Waals surface area (Å²) in [5.74, 6) is 2.49. The predicted octanol–water partition coefficient (Wildman–Crippen LogP) is 9.28. The van der Waals surface area contributed by atoms with E-state index >= 15 is 0 Å². The SMILES string of the molecule is CN=C(Nc1cc(C(C)(C)C)on1)[C@@H]1CCCN1c1ccc(C(F)(F)F)c(CC(C)(C)c2cc(N=C(N)[C@@H]3CCCN3c3ccc(C(F)(F)F)cc3)no2)c1. The van der Waals surface area contributed by atoms with Crippen molar-refractivity contribution in [2.24, 2.45) is 15.7 Å². The standard InChI is InChI=1S/C39H46F6N8O2/c1-36(2,3)30-20-33(51-54-30)49-35(47-6)29-10-8-18-53(29)26-15-16-27(39(43,44)45)23(19-26)22-37(4,5)31-21-32(50-55-31)48-34(46)28-9-7-17-52(28)25-13-11-24(12-14-25)38(40,41)42/h11-16,19-21,28-29H,7-10,17-18,22H2,1-6H3,(H2,46,48,50)(H,47,49,51)/t28-,29-/m0/s1. The molecule has 2 saturated heterocycles. The van der Waals surface area contributed by atoms with Crippen LogP contribution in [-0.4, -0.2) is 54.2 Å². The maximum absolute atomic E-state index is 14.5. The molecule has 2 aromatic carbocycles. The molecule has 4 heterocycles. The lowest BCUT2D eigenvalue weighted by Gasteiger charge is -2.30. The predicted molar refractivity (Wildman–Crippen MR) is 200 cm³/mol. The molecule has 0 saturated carbocycles. The van der Waals surface area contributed by atoms with Crippen LogP contribution in [-0.2, 0) is 29.6 Å². The number of nitrogens with one attached hydrogen (secondary N) is 1. The van der Waals surface area contributed by atoms with Crippen molar-refractivity contribution in [2.45, 2.75) is 102 Å². The van der Waals surface area contributed by atoms with Gasteiger partial charge in [-0.2, -0.15) is 26.3 Å². The zero-order valence-corrected chi connectivity index (χ0v) is 31.6. The van der Waals surface area contributed by atoms with Crippen molar-refractivity contribution in [3.05, 3.63) is 82.8 Å². The fourth-order valence-electron chi connectivity index (χ4n) is 7.28. The number of aromatic nitrogens is 2. The Morgan fingerprint density at radius 1 is 0.800 bits per heavy atom. The maximum Gasteiger partial charge on any atom is 0.416 e. The normalized spacial score (nSPS) is 19.1. The van der Waals surface area contributed by atoms with Gasteiger partial charge in [0.2, 0.25) is 0 Å². The first-order chi connectivity index (χ1) is 25.7. The van der Waals surface area contributed by atoms with E-state index in [0.29, 0.717) is 54.1 Å². The molecule has 2 aromatic heterocycles. The maximum atomic E-state index is 14.5. The molecule has 0 amide bonds. The molecular formula is C39H46F6N8O2. The van der Waals surface area contributed by atoms with Crippen LogP contribution in [0, 0.1) is 0 Å². The summed E-state index contributed by atoms with van der Waals surface area (Å²) in [6.07, 6.45) is -6.16. The van der Waals surface area contributed by atoms with Gasteiger partial charge in [0, 0.05) is 54.5 Å². The van der Waals surface area contributed by atoms with Gasteiger partial charge in [-0.3, -0.25) is 4.99 Å². The van der Waals surface area contributed by atoms with Crippen molar-refractivity contribution in [1.29, 1.82) is 0 Å². The number of nitrogens with two attached hydrogens (primary N) is 1. The zero-order chi connectivity index (χ0) is 39.9. The Kier molecular flexibility index (Phi) is 10.7. The third kappa shape index (κ3) is 8.78. The largest absolute Gasteiger partial charge is 0.416 e. The molecule has 296 valence electrons. The molecule has 0 aliphatic carbocycles. The first kappa shape index (κ1) is 39.7. The van der Waals surface area contributed by atoms with Crippen LogP contribution in [0.2, 0.25) is 0 Å². The van der Waals surface area contributed by atoms with Crippen molar-refractivity contribution in [1.82, 2.24) is 10.3 Å². The second-order valence-electron chi connectivity index (χ2n) is 15.8. The van der Waals surface area contributed by atoms with Gasteiger partial charge in [-0.25, -0.2) is 4.99 Å². The molecule has 10 nitrogen and oxygen atoms in total. The van der Waals surface area contributed by atoms with E-state index in [1.807, 2.05) is 31.7 Å². The minimum Gasteiger partial charge on any atom is -0.385 e. The highest BCUT2D eigenvalue weighted by molar-refractivity contribution is 6.01. The van der Waals surface area contributed by atoms with Gasteiger partial charge >= 0.3 is 12.4 Å². The topological polar surface area (TPSA) is 121 Å². The van der Waals surface area contributed by atoms with Crippen LogP contribution < -0.4 is 20.9 Å². The number of amidine groups is 2. The number of hydrogen-bond donors (Lipinski definition) is 2. The molecule has 2 aliphatic rings. The Morgan fingerprint density at radius 3 is 2.02 bits per heavy atom. The fraction of sp³-hybridized carbons (Fsp3) is 0.487. The van der Waals surface area contributed by atoms with Crippen molar-refractivity contribution in [2.75, 3.05) is 35.3 Å². The number of nitrogens with zero attached hydrogens (tertiary/aromatic N) is 6. The summed E-state index contributed by atoms with van der Waals surface area (Å²) >= 11 is 0. The average Bonchev–Trinajstić information content (AvgIpc) is 3.93. The first-order valence-corrected chi connectivity index (χ1v) is 18.2. The van der Waals surface area contributed by atoms with Crippen molar-refractivity contribution >= 4 is 34.7 Å². The third-order valence-corrected chi connectivity index (χ3v) is 10.2. The van der Waals surface area contributed by atoms with Gasteiger partial charge in [-0.05, 0) is 80.1 Å². The molecule has 0 bridgehead atoms. The molecule has 4 aromatic rings. The van der Waals surface area contributed by atoms with Crippen molar-refractivity contribution in [3.63, 3.8) is 0 Å². The molecule has 0 spiro atoms. The van der Waals surface area contributed by atoms with E-state index in [2.05, 4.69) is 30.5 Å². The fourth-order valence-corrected chi connectivity index (χ4v) is 7.28. The highest BCUT2D eigenvalue weighted by atomic mass is 19.4. The van der Waals surface area contributed by atoms with Crippen LogP contribution in [0.15, 0.2) is 73.6 Å². The summed E-state index contributed by atoms with van der Waals surface area (Å²) in [4.78, 5) is 12.9. The number of rotatable bonds is 9. The lowest BCUT2D eigenvalue weighted by Crippen LogP contribution is -2.40. The molecule has 0 unspecified atom stereocenters. The van der Waals surface area contributed by atoms with Crippen molar-refractivity contribution in [3.8, 4) is 0 Å². The summed E-state index contributed by atoms with van der Waals surface area (Å²) in [6.45, 7) is 10.8. The van der Waals surface area contributed by atoms with Gasteiger partial charge in [0.05, 0.1) is 23.2 Å². The Labute approximate surface area is 315 Å². The highest BCUT2D eigenvalue weighted by Gasteiger charge is 2.38. The quantitative estimate of drug-likeness (QED) is 0.0982. The minimum absolute atomic E-state index is 0.0339. The van der Waals surface area contributed by atoms with Crippen LogP contribution in [0.1, 0.15) is 88.5 Å². The smallest absolute Gasteiger partial charge is 0.385 e. The van der Waals surface area contributed by atoms with E-state index in [9.17, 15) is 26.3 Å². The van der Waals surface area contributed by atoms with Crippen LogP contribution in [0.25, 0.3) is 0 Å². The molecule has 55 heavy (non-hydrogen) atoms. The summed E-state index contributed by atoms with van der Waals surface area (Å²) in [7, 11) is 1.66. The van der Waals surface area contributed by atoms with Crippen LogP contribution in [0.5, 0.6) is 0 Å². The Morgan fingerprint density at radius 2 is 1.42 bits per heavy atom. The summed E-state index contributed by atoms with van der Waals surface area (Å²) in [5.41, 5.74) is 5.04. The van der Waals surface area contributed by atoms with E-state index in [4.69, 9.17) is 14.8 Å². The van der Waals surface area contributed by atoms with Gasteiger partial charge in [-0.15, -0.1) is 0 Å². The summed E-state index contributed by atoms with van der Waals surface area (Å²) in [6, 6.07) is 11.9. The van der Waals surface area contributed by atoms with E-state index in [0.717, 1.165) is 37.5 Å². The van der Waals surface area contributed by atoms with Gasteiger partial charge in [0.1, 0.15) is 23.2 Å².